The van der Waals surface area contributed by atoms with Crippen LogP contribution < -0.4 is 5.32 Å². The zero-order chi connectivity index (χ0) is 14.6. The number of benzene rings is 1. The summed E-state index contributed by atoms with van der Waals surface area (Å²) in [5.74, 6) is -0.179. The summed E-state index contributed by atoms with van der Waals surface area (Å²) in [6, 6.07) is 9.67. The molecule has 2 aromatic rings. The van der Waals surface area contributed by atoms with E-state index in [1.165, 1.54) is 12.4 Å². The van der Waals surface area contributed by atoms with Gasteiger partial charge >= 0.3 is 0 Å². The number of aromatic nitrogens is 2. The van der Waals surface area contributed by atoms with E-state index in [1.54, 1.807) is 0 Å². The Morgan fingerprint density at radius 1 is 1.30 bits per heavy atom. The molecule has 1 aromatic carbocycles. The van der Waals surface area contributed by atoms with Crippen LogP contribution in [0.15, 0.2) is 42.7 Å². The third-order valence-electron chi connectivity index (χ3n) is 2.67. The van der Waals surface area contributed by atoms with E-state index in [4.69, 9.17) is 0 Å². The lowest BCUT2D eigenvalue weighted by Gasteiger charge is -2.02. The van der Waals surface area contributed by atoms with Crippen molar-refractivity contribution < 1.29 is 13.2 Å². The Bertz CT molecular complexity index is 693. The molecule has 0 spiro atoms. The predicted octanol–water partition coefficient (Wildman–Crippen LogP) is 1.26. The van der Waals surface area contributed by atoms with Gasteiger partial charge < -0.3 is 5.32 Å². The highest BCUT2D eigenvalue weighted by atomic mass is 32.2. The number of nitrogens with one attached hydrogen (secondary N) is 1. The van der Waals surface area contributed by atoms with Crippen LogP contribution in [0, 0.1) is 0 Å². The van der Waals surface area contributed by atoms with E-state index in [2.05, 4.69) is 10.4 Å². The van der Waals surface area contributed by atoms with E-state index < -0.39 is 10.0 Å². The lowest BCUT2D eigenvalue weighted by molar-refractivity contribution is -0.116. The van der Waals surface area contributed by atoms with Crippen LogP contribution in [0.5, 0.6) is 0 Å². The fraction of sp³-hybridized carbons (Fsp3) is 0.231. The highest BCUT2D eigenvalue weighted by molar-refractivity contribution is 7.89. The fourth-order valence-corrected chi connectivity index (χ4v) is 2.20. The van der Waals surface area contributed by atoms with Crippen molar-refractivity contribution >= 4 is 21.6 Å². The zero-order valence-electron chi connectivity index (χ0n) is 11.0. The first-order valence-corrected chi connectivity index (χ1v) is 7.89. The summed E-state index contributed by atoms with van der Waals surface area (Å²) in [4.78, 5) is 11.7. The van der Waals surface area contributed by atoms with Gasteiger partial charge in [0, 0.05) is 6.42 Å². The Morgan fingerprint density at radius 3 is 2.60 bits per heavy atom. The molecule has 0 radical (unpaired) electrons. The molecule has 20 heavy (non-hydrogen) atoms. The number of hydrogen-bond donors (Lipinski definition) is 1. The molecule has 2 rings (SSSR count). The van der Waals surface area contributed by atoms with Crippen LogP contribution in [0.1, 0.15) is 12.0 Å². The molecule has 1 heterocycles. The van der Waals surface area contributed by atoms with Gasteiger partial charge in [0.1, 0.15) is 0 Å². The molecule has 0 aliphatic carbocycles. The molecule has 106 valence electrons. The molecule has 0 aliphatic rings. The standard InChI is InChI=1S/C13H15N3O3S/c1-20(18,19)16-10-12(9-14-16)15-13(17)8-7-11-5-3-2-4-6-11/h2-6,9-10H,7-8H2,1H3,(H,15,17). The maximum Gasteiger partial charge on any atom is 0.250 e. The number of amides is 1. The molecule has 0 bridgehead atoms. The predicted molar refractivity (Wildman–Crippen MR) is 75.9 cm³/mol. The van der Waals surface area contributed by atoms with Crippen molar-refractivity contribution in [3.63, 3.8) is 0 Å². The lowest BCUT2D eigenvalue weighted by atomic mass is 10.1. The highest BCUT2D eigenvalue weighted by Gasteiger charge is 2.09. The zero-order valence-corrected chi connectivity index (χ0v) is 11.8. The summed E-state index contributed by atoms with van der Waals surface area (Å²) in [5, 5.41) is 6.29. The van der Waals surface area contributed by atoms with Gasteiger partial charge in [0.25, 0.3) is 10.0 Å². The number of carbonyl (C=O) groups excluding carboxylic acids is 1. The number of aryl methyl sites for hydroxylation is 1. The minimum atomic E-state index is -3.42. The topological polar surface area (TPSA) is 81.1 Å². The highest BCUT2D eigenvalue weighted by Crippen LogP contribution is 2.08. The first kappa shape index (κ1) is 14.3. The van der Waals surface area contributed by atoms with Gasteiger partial charge in [0.05, 0.1) is 24.3 Å². The fourth-order valence-electron chi connectivity index (χ4n) is 1.68. The van der Waals surface area contributed by atoms with Crippen molar-refractivity contribution in [1.82, 2.24) is 9.19 Å². The number of rotatable bonds is 5. The van der Waals surface area contributed by atoms with Gasteiger partial charge in [0.15, 0.2) is 0 Å². The molecular formula is C13H15N3O3S. The molecule has 1 aromatic heterocycles. The number of nitrogens with zero attached hydrogens (tertiary/aromatic N) is 2. The minimum absolute atomic E-state index is 0.179. The Balaban J connectivity index is 1.90. The molecule has 0 atom stereocenters. The van der Waals surface area contributed by atoms with Gasteiger partial charge in [-0.1, -0.05) is 30.3 Å². The molecule has 1 N–H and O–H groups in total. The summed E-state index contributed by atoms with van der Waals surface area (Å²) in [5.41, 5.74) is 1.45. The second-order valence-corrected chi connectivity index (χ2v) is 6.24. The van der Waals surface area contributed by atoms with Crippen LogP contribution >= 0.6 is 0 Å². The van der Waals surface area contributed by atoms with Crippen molar-refractivity contribution in [2.45, 2.75) is 12.8 Å². The quantitative estimate of drug-likeness (QED) is 0.900. The molecule has 0 fully saturated rings. The monoisotopic (exact) mass is 293 g/mol. The van der Waals surface area contributed by atoms with Gasteiger partial charge in [-0.3, -0.25) is 4.79 Å². The molecule has 6 nitrogen and oxygen atoms in total. The molecule has 7 heteroatoms. The van der Waals surface area contributed by atoms with Gasteiger partial charge in [-0.25, -0.2) is 8.42 Å². The lowest BCUT2D eigenvalue weighted by Crippen LogP contribution is -2.12. The Kier molecular flexibility index (Phi) is 4.19. The van der Waals surface area contributed by atoms with Crippen LogP contribution in [0.3, 0.4) is 0 Å². The maximum atomic E-state index is 11.7. The number of carbonyl (C=O) groups is 1. The molecule has 0 unspecified atom stereocenters. The van der Waals surface area contributed by atoms with Crippen molar-refractivity contribution in [3.8, 4) is 0 Å². The van der Waals surface area contributed by atoms with Crippen molar-refractivity contribution in [3.05, 3.63) is 48.3 Å². The van der Waals surface area contributed by atoms with E-state index in [1.807, 2.05) is 30.3 Å². The van der Waals surface area contributed by atoms with E-state index in [0.29, 0.717) is 18.5 Å². The largest absolute Gasteiger partial charge is 0.323 e. The van der Waals surface area contributed by atoms with E-state index >= 15 is 0 Å². The van der Waals surface area contributed by atoms with E-state index in [-0.39, 0.29) is 5.91 Å². The smallest absolute Gasteiger partial charge is 0.250 e. The van der Waals surface area contributed by atoms with Crippen LogP contribution in [0.25, 0.3) is 0 Å². The van der Waals surface area contributed by atoms with Gasteiger partial charge in [0.2, 0.25) is 5.91 Å². The maximum absolute atomic E-state index is 11.7. The first-order valence-electron chi connectivity index (χ1n) is 6.04. The Morgan fingerprint density at radius 2 is 2.00 bits per heavy atom. The van der Waals surface area contributed by atoms with Gasteiger partial charge in [-0.05, 0) is 12.0 Å². The molecular weight excluding hydrogens is 278 g/mol. The van der Waals surface area contributed by atoms with E-state index in [0.717, 1.165) is 15.9 Å². The van der Waals surface area contributed by atoms with Crippen LogP contribution in [0.4, 0.5) is 5.69 Å². The molecule has 0 saturated heterocycles. The minimum Gasteiger partial charge on any atom is -0.323 e. The molecule has 1 amide bonds. The first-order chi connectivity index (χ1) is 9.45. The van der Waals surface area contributed by atoms with Crippen LogP contribution in [-0.2, 0) is 21.2 Å². The van der Waals surface area contributed by atoms with Gasteiger partial charge in [-0.2, -0.15) is 9.19 Å². The second kappa shape index (κ2) is 5.87. The Hall–Kier alpha value is -2.15. The summed E-state index contributed by atoms with van der Waals surface area (Å²) < 4.78 is 23.3. The normalized spacial score (nSPS) is 11.2. The molecule has 0 aliphatic heterocycles. The van der Waals surface area contributed by atoms with Gasteiger partial charge in [-0.15, -0.1) is 0 Å². The SMILES string of the molecule is CS(=O)(=O)n1cc(NC(=O)CCc2ccccc2)cn1. The molecule has 0 saturated carbocycles. The summed E-state index contributed by atoms with van der Waals surface area (Å²) >= 11 is 0. The third-order valence-corrected chi connectivity index (χ3v) is 3.55. The van der Waals surface area contributed by atoms with Crippen molar-refractivity contribution in [2.75, 3.05) is 11.6 Å². The van der Waals surface area contributed by atoms with Crippen molar-refractivity contribution in [2.24, 2.45) is 0 Å². The summed E-state index contributed by atoms with van der Waals surface area (Å²) in [7, 11) is -3.42. The van der Waals surface area contributed by atoms with Crippen molar-refractivity contribution in [1.29, 1.82) is 0 Å². The van der Waals surface area contributed by atoms with Crippen LogP contribution in [-0.4, -0.2) is 29.8 Å². The summed E-state index contributed by atoms with van der Waals surface area (Å²) in [6.07, 6.45) is 4.58. The summed E-state index contributed by atoms with van der Waals surface area (Å²) in [6.45, 7) is 0. The van der Waals surface area contributed by atoms with E-state index in [9.17, 15) is 13.2 Å². The Labute approximate surface area is 117 Å². The average molecular weight is 293 g/mol. The number of hydrogen-bond acceptors (Lipinski definition) is 4. The number of anilines is 1. The average Bonchev–Trinajstić information content (AvgIpc) is 2.86. The third kappa shape index (κ3) is 3.92. The second-order valence-electron chi connectivity index (χ2n) is 4.40. The van der Waals surface area contributed by atoms with Crippen LogP contribution in [0.2, 0.25) is 0 Å².